The highest BCUT2D eigenvalue weighted by atomic mass is 16.8. The van der Waals surface area contributed by atoms with E-state index in [0.717, 1.165) is 11.1 Å². The van der Waals surface area contributed by atoms with Crippen LogP contribution in [0.3, 0.4) is 0 Å². The molecule has 0 radical (unpaired) electrons. The normalized spacial score (nSPS) is 29.2. The van der Waals surface area contributed by atoms with E-state index in [2.05, 4.69) is 5.32 Å². The second-order valence-corrected chi connectivity index (χ2v) is 8.08. The number of fused-ring (bicyclic) bond motifs is 1. The minimum atomic E-state index is -1.15. The van der Waals surface area contributed by atoms with Crippen molar-refractivity contribution in [3.8, 4) is 5.75 Å². The predicted octanol–water partition coefficient (Wildman–Crippen LogP) is 2.09. The molecule has 2 fully saturated rings. The second-order valence-electron chi connectivity index (χ2n) is 8.08. The van der Waals surface area contributed by atoms with E-state index < -0.39 is 49.5 Å². The minimum Gasteiger partial charge on any atom is -0.480 e. The summed E-state index contributed by atoms with van der Waals surface area (Å²) in [6, 6.07) is 8.15. The van der Waals surface area contributed by atoms with Crippen LogP contribution in [0.25, 0.3) is 0 Å². The van der Waals surface area contributed by atoms with Crippen LogP contribution in [0.2, 0.25) is 0 Å². The first kappa shape index (κ1) is 23.2. The number of carbonyl (C=O) groups excluding carboxylic acids is 1. The molecule has 2 saturated heterocycles. The van der Waals surface area contributed by atoms with E-state index in [0.29, 0.717) is 11.5 Å². The third-order valence-electron chi connectivity index (χ3n) is 5.61. The van der Waals surface area contributed by atoms with Crippen LogP contribution in [0.1, 0.15) is 30.1 Å². The van der Waals surface area contributed by atoms with Crippen molar-refractivity contribution in [2.24, 2.45) is 0 Å². The Morgan fingerprint density at radius 1 is 1.18 bits per heavy atom. The Labute approximate surface area is 190 Å². The van der Waals surface area contributed by atoms with Crippen molar-refractivity contribution in [2.75, 3.05) is 13.2 Å². The predicted molar refractivity (Wildman–Crippen MR) is 112 cm³/mol. The van der Waals surface area contributed by atoms with Gasteiger partial charge < -0.3 is 38.5 Å². The van der Waals surface area contributed by atoms with Gasteiger partial charge in [-0.2, -0.15) is 0 Å². The monoisotopic (exact) mass is 461 g/mol. The summed E-state index contributed by atoms with van der Waals surface area (Å²) < 4.78 is 35.1. The molecule has 6 atom stereocenters. The van der Waals surface area contributed by atoms with Gasteiger partial charge >= 0.3 is 5.97 Å². The Hall–Kier alpha value is -2.92. The van der Waals surface area contributed by atoms with Crippen LogP contribution < -0.4 is 10.1 Å². The molecule has 0 aliphatic carbocycles. The molecule has 0 bridgehead atoms. The summed E-state index contributed by atoms with van der Waals surface area (Å²) >= 11 is 0. The number of rotatable bonds is 7. The molecule has 33 heavy (non-hydrogen) atoms. The summed E-state index contributed by atoms with van der Waals surface area (Å²) in [5, 5.41) is 12.0. The summed E-state index contributed by atoms with van der Waals surface area (Å²) in [5.74, 6) is -0.509. The first-order chi connectivity index (χ1) is 15.8. The van der Waals surface area contributed by atoms with Gasteiger partial charge in [0.1, 0.15) is 36.7 Å². The van der Waals surface area contributed by atoms with E-state index in [1.807, 2.05) is 26.0 Å². The van der Waals surface area contributed by atoms with E-state index in [1.54, 1.807) is 18.2 Å². The average molecular weight is 461 g/mol. The van der Waals surface area contributed by atoms with Crippen LogP contribution in [-0.2, 0) is 28.5 Å². The summed E-state index contributed by atoms with van der Waals surface area (Å²) in [7, 11) is 0. The molecule has 2 N–H and O–H groups in total. The van der Waals surface area contributed by atoms with Gasteiger partial charge in [0.05, 0.1) is 12.9 Å². The number of aryl methyl sites for hydroxylation is 2. The SMILES string of the molecule is CC(=O)NC1C(Oc2ccc(C)c(C)c2)OC2COC(c3ccco3)OC2C1OCC(=O)O. The highest BCUT2D eigenvalue weighted by Gasteiger charge is 2.52. The number of carboxylic acid groups (broad SMARTS) is 1. The van der Waals surface area contributed by atoms with E-state index >= 15 is 0 Å². The van der Waals surface area contributed by atoms with Crippen LogP contribution in [0.15, 0.2) is 41.0 Å². The van der Waals surface area contributed by atoms with Gasteiger partial charge in [0.25, 0.3) is 0 Å². The Kier molecular flexibility index (Phi) is 6.99. The van der Waals surface area contributed by atoms with Gasteiger partial charge in [-0.1, -0.05) is 6.07 Å². The highest BCUT2D eigenvalue weighted by Crippen LogP contribution is 2.36. The number of carboxylic acids is 1. The molecule has 6 unspecified atom stereocenters. The highest BCUT2D eigenvalue weighted by molar-refractivity contribution is 5.73. The molecule has 1 aromatic carbocycles. The fourth-order valence-corrected chi connectivity index (χ4v) is 3.92. The Morgan fingerprint density at radius 3 is 2.67 bits per heavy atom. The molecule has 178 valence electrons. The van der Waals surface area contributed by atoms with Crippen LogP contribution in [0.5, 0.6) is 5.75 Å². The minimum absolute atomic E-state index is 0.128. The smallest absolute Gasteiger partial charge is 0.329 e. The first-order valence-corrected chi connectivity index (χ1v) is 10.6. The van der Waals surface area contributed by atoms with Gasteiger partial charge in [0, 0.05) is 6.92 Å². The molecule has 2 aromatic rings. The van der Waals surface area contributed by atoms with E-state index in [1.165, 1.54) is 13.2 Å². The first-order valence-electron chi connectivity index (χ1n) is 10.6. The van der Waals surface area contributed by atoms with Crippen molar-refractivity contribution in [3.05, 3.63) is 53.5 Å². The third-order valence-corrected chi connectivity index (χ3v) is 5.61. The number of aliphatic carboxylic acids is 1. The van der Waals surface area contributed by atoms with Crippen LogP contribution in [0.4, 0.5) is 0 Å². The number of furan rings is 1. The Balaban J connectivity index is 1.62. The molecule has 0 spiro atoms. The number of nitrogens with one attached hydrogen (secondary N) is 1. The Bertz CT molecular complexity index is 976. The molecule has 1 amide bonds. The number of carbonyl (C=O) groups is 2. The van der Waals surface area contributed by atoms with Gasteiger partial charge in [-0.3, -0.25) is 4.79 Å². The number of benzene rings is 1. The average Bonchev–Trinajstić information content (AvgIpc) is 3.30. The standard InChI is InChI=1S/C23H27NO9/c1-12-6-7-15(9-13(12)2)31-23-19(24-14(3)25)21(29-11-18(26)27)20-17(32-23)10-30-22(33-20)16-5-4-8-28-16/h4-9,17,19-23H,10-11H2,1-3H3,(H,24,25)(H,26,27). The lowest BCUT2D eigenvalue weighted by molar-refractivity contribution is -0.340. The fraction of sp³-hybridized carbons (Fsp3) is 0.478. The van der Waals surface area contributed by atoms with Gasteiger partial charge in [-0.25, -0.2) is 4.79 Å². The molecule has 0 saturated carbocycles. The molecule has 2 aliphatic heterocycles. The van der Waals surface area contributed by atoms with E-state index in [-0.39, 0.29) is 12.5 Å². The Morgan fingerprint density at radius 2 is 2.00 bits per heavy atom. The van der Waals surface area contributed by atoms with Gasteiger partial charge in [-0.05, 0) is 49.2 Å². The van der Waals surface area contributed by atoms with Crippen molar-refractivity contribution >= 4 is 11.9 Å². The zero-order valence-electron chi connectivity index (χ0n) is 18.6. The van der Waals surface area contributed by atoms with E-state index in [4.69, 9.17) is 28.1 Å². The number of ether oxygens (including phenoxy) is 5. The third kappa shape index (κ3) is 5.36. The summed E-state index contributed by atoms with van der Waals surface area (Å²) in [6.07, 6.45) is -2.56. The molecule has 1 aromatic heterocycles. The topological polar surface area (TPSA) is 126 Å². The molecule has 10 heteroatoms. The molecule has 3 heterocycles. The second kappa shape index (κ2) is 9.92. The van der Waals surface area contributed by atoms with Gasteiger partial charge in [-0.15, -0.1) is 0 Å². The largest absolute Gasteiger partial charge is 0.480 e. The molecular formula is C23H27NO9. The van der Waals surface area contributed by atoms with Crippen LogP contribution >= 0.6 is 0 Å². The zero-order valence-corrected chi connectivity index (χ0v) is 18.6. The van der Waals surface area contributed by atoms with Crippen molar-refractivity contribution in [1.82, 2.24) is 5.32 Å². The maximum atomic E-state index is 12.0. The van der Waals surface area contributed by atoms with Crippen molar-refractivity contribution in [1.29, 1.82) is 0 Å². The summed E-state index contributed by atoms with van der Waals surface area (Å²) in [5.41, 5.74) is 2.13. The molecular weight excluding hydrogens is 434 g/mol. The van der Waals surface area contributed by atoms with Gasteiger partial charge in [0.15, 0.2) is 5.76 Å². The lowest BCUT2D eigenvalue weighted by Gasteiger charge is -2.48. The van der Waals surface area contributed by atoms with Crippen molar-refractivity contribution in [3.63, 3.8) is 0 Å². The van der Waals surface area contributed by atoms with Crippen molar-refractivity contribution in [2.45, 2.75) is 57.7 Å². The van der Waals surface area contributed by atoms with E-state index in [9.17, 15) is 14.7 Å². The number of hydrogen-bond donors (Lipinski definition) is 2. The fourth-order valence-electron chi connectivity index (χ4n) is 3.92. The molecule has 2 aliphatic rings. The summed E-state index contributed by atoms with van der Waals surface area (Å²) in [4.78, 5) is 23.3. The van der Waals surface area contributed by atoms with Crippen LogP contribution in [-0.4, -0.2) is 60.8 Å². The lowest BCUT2D eigenvalue weighted by atomic mass is 9.95. The number of amides is 1. The number of hydrogen-bond acceptors (Lipinski definition) is 8. The summed E-state index contributed by atoms with van der Waals surface area (Å²) in [6.45, 7) is 4.84. The van der Waals surface area contributed by atoms with Crippen LogP contribution in [0, 0.1) is 13.8 Å². The van der Waals surface area contributed by atoms with Gasteiger partial charge in [0.2, 0.25) is 18.5 Å². The quantitative estimate of drug-likeness (QED) is 0.637. The molecule has 10 nitrogen and oxygen atoms in total. The zero-order chi connectivity index (χ0) is 23.5. The lowest BCUT2D eigenvalue weighted by Crippen LogP contribution is -2.68. The van der Waals surface area contributed by atoms with Crippen molar-refractivity contribution < 1.29 is 42.8 Å². The molecule has 4 rings (SSSR count). The maximum Gasteiger partial charge on any atom is 0.329 e. The maximum absolute atomic E-state index is 12.0.